The number of aromatic nitrogens is 8. The van der Waals surface area contributed by atoms with Gasteiger partial charge < -0.3 is 72.3 Å². The molecule has 26 nitrogen and oxygen atoms in total. The van der Waals surface area contributed by atoms with Crippen molar-refractivity contribution in [3.05, 3.63) is 314 Å². The monoisotopic (exact) mass is 1670 g/mol. The predicted molar refractivity (Wildman–Crippen MR) is 461 cm³/mol. The Morgan fingerprint density at radius 3 is 1.37 bits per heavy atom. The van der Waals surface area contributed by atoms with Gasteiger partial charge in [-0.2, -0.15) is 46.3 Å². The summed E-state index contributed by atoms with van der Waals surface area (Å²) in [6.07, 6.45) is 0.337. The van der Waals surface area contributed by atoms with Crippen molar-refractivity contribution in [1.82, 2.24) is 50.1 Å². The van der Waals surface area contributed by atoms with E-state index in [-0.39, 0.29) is 60.0 Å². The number of aryl methyl sites for hydroxylation is 1. The molecular formula is C89H86F7N19O7. The number of ether oxygens (including phenoxy) is 3. The standard InChI is InChI=1S/C23H25FN6O2.C22H20F3N5O2.C22H19F3N4O2.C22H22N4O/c1-4-21(31)26-16-7-5-8-17(13-16)27-22-20(24)15-25-23(29-22)28-18-9-6-10-19(14-18)32-12-11-30(2)3;1-3-19(31)26-12-14-7-9-15(10-8-14)28-20-18(22(23,24)25)13-27-21(30-20)29-16-5-4-6-17(11-16)32-2;1-3-17(30)11-14-7-9-15(10-8-14)27-20-19(22(23,24)25)13-26-21(29-20)28-16-5-4-6-18(12-16)31-2;1-15(2)12-20(27)17-8-7-11-19(13-17)24-21-16(3)14-23-22(26-21)25-18-9-5-4-6-10-18/h4-10,13-15H,1,11-12H2,2-3H3,(H,26,31)(H2,25,27,28,29);3-11,13H,1,12H2,2H3,(H,26,31)(H2,27,28,29,30);3-10,12-13H,1,11H2,2H3,(H2,26,27,28,29);4-14H,1-3H3,(H2,23,24,25,26). The van der Waals surface area contributed by atoms with Gasteiger partial charge in [-0.15, -0.1) is 0 Å². The molecule has 122 heavy (non-hydrogen) atoms. The number of allylic oxidation sites excluding steroid dienone is 3. The molecule has 0 aliphatic rings. The number of methoxy groups -OCH3 is 2. The molecule has 8 aromatic carbocycles. The van der Waals surface area contributed by atoms with Crippen LogP contribution in [0.15, 0.2) is 275 Å². The summed E-state index contributed by atoms with van der Waals surface area (Å²) in [5.41, 5.74) is 7.40. The fourth-order valence-electron chi connectivity index (χ4n) is 10.5. The van der Waals surface area contributed by atoms with Crippen molar-refractivity contribution in [2.24, 2.45) is 0 Å². The van der Waals surface area contributed by atoms with E-state index in [1.165, 1.54) is 26.4 Å². The number of para-hydroxylation sites is 1. The second-order valence-electron chi connectivity index (χ2n) is 26.6. The Hall–Kier alpha value is -15.4. The molecule has 0 spiro atoms. The number of carbonyl (C=O) groups excluding carboxylic acids is 4. The molecule has 0 saturated heterocycles. The van der Waals surface area contributed by atoms with Crippen molar-refractivity contribution in [3.63, 3.8) is 0 Å². The molecule has 0 fully saturated rings. The van der Waals surface area contributed by atoms with Crippen molar-refractivity contribution >= 4 is 122 Å². The van der Waals surface area contributed by atoms with Crippen LogP contribution in [0.3, 0.4) is 0 Å². The SMILES string of the molecule is C=CC(=O)Cc1ccc(Nc2nc(Nc3cccc(OC)c3)ncc2C(F)(F)F)cc1.C=CC(=O)NCc1ccc(Nc2nc(Nc3cccc(OC)c3)ncc2C(F)(F)F)cc1.C=CC(=O)Nc1cccc(Nc2nc(Nc3cccc(OCCN(C)C)c3)ncc2F)c1.CC(C)=CC(=O)c1cccc(Nc2nc(Nc3ccccc3)ncc2C)c1. The highest BCUT2D eigenvalue weighted by molar-refractivity contribution is 6.05. The second kappa shape index (κ2) is 44.2. The van der Waals surface area contributed by atoms with Gasteiger partial charge in [-0.3, -0.25) is 19.2 Å². The van der Waals surface area contributed by atoms with Gasteiger partial charge in [-0.1, -0.05) is 104 Å². The largest absolute Gasteiger partial charge is 0.497 e. The van der Waals surface area contributed by atoms with Crippen LogP contribution in [0, 0.1) is 12.7 Å². The molecule has 4 aromatic heterocycles. The van der Waals surface area contributed by atoms with E-state index in [0.717, 1.165) is 64.8 Å². The molecule has 0 aliphatic carbocycles. The van der Waals surface area contributed by atoms with Crippen molar-refractivity contribution in [1.29, 1.82) is 0 Å². The van der Waals surface area contributed by atoms with Gasteiger partial charge in [0.1, 0.15) is 52.4 Å². The number of carbonyl (C=O) groups is 4. The van der Waals surface area contributed by atoms with Crippen LogP contribution in [-0.2, 0) is 39.7 Å². The van der Waals surface area contributed by atoms with E-state index in [4.69, 9.17) is 14.2 Å². The third-order valence-electron chi connectivity index (χ3n) is 16.6. The minimum atomic E-state index is -4.65. The van der Waals surface area contributed by atoms with Gasteiger partial charge in [0.05, 0.1) is 20.4 Å². The fraction of sp³-hybridized carbons (Fsp3) is 0.146. The van der Waals surface area contributed by atoms with Crippen LogP contribution in [0.5, 0.6) is 17.2 Å². The second-order valence-corrected chi connectivity index (χ2v) is 26.6. The average molecular weight is 1670 g/mol. The molecule has 0 bridgehead atoms. The van der Waals surface area contributed by atoms with Gasteiger partial charge in [0, 0.05) is 119 Å². The molecule has 0 aliphatic heterocycles. The van der Waals surface area contributed by atoms with Crippen LogP contribution >= 0.6 is 0 Å². The van der Waals surface area contributed by atoms with E-state index in [1.807, 2.05) is 119 Å². The molecule has 33 heteroatoms. The van der Waals surface area contributed by atoms with Crippen molar-refractivity contribution in [2.45, 2.75) is 46.1 Å². The van der Waals surface area contributed by atoms with E-state index in [2.05, 4.69) is 113 Å². The number of amides is 2. The number of anilines is 17. The van der Waals surface area contributed by atoms with E-state index >= 15 is 0 Å². The van der Waals surface area contributed by atoms with Gasteiger partial charge >= 0.3 is 12.4 Å². The topological polar surface area (TPSA) is 323 Å². The lowest BCUT2D eigenvalue weighted by Gasteiger charge is -2.15. The first-order valence-electron chi connectivity index (χ1n) is 37.2. The van der Waals surface area contributed by atoms with Crippen molar-refractivity contribution in [2.75, 3.05) is 89.3 Å². The number of halogens is 7. The number of hydrogen-bond donors (Lipinski definition) is 10. The minimum Gasteiger partial charge on any atom is -0.497 e. The third kappa shape index (κ3) is 29.3. The summed E-state index contributed by atoms with van der Waals surface area (Å²) >= 11 is 0. The van der Waals surface area contributed by atoms with Gasteiger partial charge in [-0.25, -0.2) is 24.3 Å². The highest BCUT2D eigenvalue weighted by Gasteiger charge is 2.37. The molecular weight excluding hydrogens is 1580 g/mol. The van der Waals surface area contributed by atoms with Crippen LogP contribution in [0.25, 0.3) is 0 Å². The van der Waals surface area contributed by atoms with Gasteiger partial charge in [0.25, 0.3) is 0 Å². The first-order chi connectivity index (χ1) is 58.5. The highest BCUT2D eigenvalue weighted by atomic mass is 19.4. The fourth-order valence-corrected chi connectivity index (χ4v) is 10.5. The summed E-state index contributed by atoms with van der Waals surface area (Å²) in [6.45, 7) is 17.6. The maximum Gasteiger partial charge on any atom is 0.421 e. The molecule has 0 atom stereocenters. The molecule has 4 heterocycles. The minimum absolute atomic E-state index is 0.00640. The predicted octanol–water partition coefficient (Wildman–Crippen LogP) is 19.7. The van der Waals surface area contributed by atoms with Crippen molar-refractivity contribution in [3.8, 4) is 17.2 Å². The molecule has 0 saturated carbocycles. The first-order valence-corrected chi connectivity index (χ1v) is 37.2. The number of alkyl halides is 6. The van der Waals surface area contributed by atoms with Crippen LogP contribution < -0.4 is 67.4 Å². The number of benzene rings is 8. The van der Waals surface area contributed by atoms with E-state index in [1.54, 1.807) is 134 Å². The summed E-state index contributed by atoms with van der Waals surface area (Å²) in [7, 11) is 6.97. The van der Waals surface area contributed by atoms with Crippen LogP contribution in [0.4, 0.5) is 129 Å². The summed E-state index contributed by atoms with van der Waals surface area (Å²) in [5, 5.41) is 28.8. The molecule has 628 valence electrons. The first kappa shape index (κ1) is 90.5. The lowest BCUT2D eigenvalue weighted by Crippen LogP contribution is -2.19. The maximum atomic E-state index is 14.3. The summed E-state index contributed by atoms with van der Waals surface area (Å²) in [6, 6.07) is 58.0. The average Bonchev–Trinajstić information content (AvgIpc) is 0.812. The third-order valence-corrected chi connectivity index (χ3v) is 16.6. The number of nitrogens with zero attached hydrogens (tertiary/aromatic N) is 9. The zero-order valence-corrected chi connectivity index (χ0v) is 67.1. The van der Waals surface area contributed by atoms with Gasteiger partial charge in [-0.05, 0) is 173 Å². The Balaban J connectivity index is 0.000000185. The summed E-state index contributed by atoms with van der Waals surface area (Å²) in [4.78, 5) is 81.2. The number of rotatable bonds is 32. The number of nitrogens with one attached hydrogen (secondary N) is 10. The Morgan fingerprint density at radius 2 is 0.861 bits per heavy atom. The van der Waals surface area contributed by atoms with Gasteiger partial charge in [0.2, 0.25) is 35.6 Å². The number of ketones is 2. The van der Waals surface area contributed by atoms with E-state index in [0.29, 0.717) is 81.0 Å². The molecule has 0 unspecified atom stereocenters. The Labute approximate surface area is 699 Å². The molecule has 2 amide bonds. The Kier molecular flexibility index (Phi) is 32.8. The van der Waals surface area contributed by atoms with Crippen molar-refractivity contribution < 1.29 is 64.1 Å². The summed E-state index contributed by atoms with van der Waals surface area (Å²) < 4.78 is 111. The highest BCUT2D eigenvalue weighted by Crippen LogP contribution is 2.38. The molecule has 10 N–H and O–H groups in total. The van der Waals surface area contributed by atoms with Crippen LogP contribution in [-0.4, -0.2) is 110 Å². The molecule has 12 aromatic rings. The lowest BCUT2D eigenvalue weighted by atomic mass is 10.1. The van der Waals surface area contributed by atoms with Gasteiger partial charge in [0.15, 0.2) is 23.2 Å². The van der Waals surface area contributed by atoms with E-state index in [9.17, 15) is 49.9 Å². The quantitative estimate of drug-likeness (QED) is 0.0106. The molecule has 12 rings (SSSR count). The summed E-state index contributed by atoms with van der Waals surface area (Å²) in [5.74, 6) is 0.998. The van der Waals surface area contributed by atoms with E-state index < -0.39 is 40.9 Å². The van der Waals surface area contributed by atoms with Crippen LogP contribution in [0.2, 0.25) is 0 Å². The molecule has 0 radical (unpaired) electrons. The van der Waals surface area contributed by atoms with Crippen LogP contribution in [0.1, 0.15) is 52.0 Å². The smallest absolute Gasteiger partial charge is 0.421 e. The normalized spacial score (nSPS) is 10.6. The maximum absolute atomic E-state index is 14.3. The lowest BCUT2D eigenvalue weighted by molar-refractivity contribution is -0.138. The zero-order valence-electron chi connectivity index (χ0n) is 67.1. The number of hydrogen-bond acceptors (Lipinski definition) is 24. The Bertz CT molecular complexity index is 5630. The number of likely N-dealkylation sites (N-methyl/N-ethyl adjacent to an activating group) is 1. The zero-order chi connectivity index (χ0) is 87.7. The Morgan fingerprint density at radius 1 is 0.443 bits per heavy atom.